The van der Waals surface area contributed by atoms with Crippen LogP contribution >= 0.6 is 23.4 Å². The van der Waals surface area contributed by atoms with Crippen molar-refractivity contribution in [2.75, 3.05) is 31.2 Å². The van der Waals surface area contributed by atoms with Crippen LogP contribution in [0.15, 0.2) is 12.3 Å². The van der Waals surface area contributed by atoms with E-state index in [1.807, 2.05) is 16.7 Å². The van der Waals surface area contributed by atoms with E-state index < -0.39 is 0 Å². The van der Waals surface area contributed by atoms with E-state index in [0.717, 1.165) is 25.3 Å². The molecule has 1 saturated heterocycles. The fraction of sp³-hybridized carbons (Fsp3) is 0.538. The number of anilines is 1. The van der Waals surface area contributed by atoms with Gasteiger partial charge in [-0.1, -0.05) is 18.5 Å². The van der Waals surface area contributed by atoms with Crippen molar-refractivity contribution in [1.29, 1.82) is 0 Å². The molecule has 1 unspecified atom stereocenters. The number of nitrogens with one attached hydrogen (secondary N) is 1. The number of carbonyl (C=O) groups is 1. The molecule has 1 fully saturated rings. The van der Waals surface area contributed by atoms with Gasteiger partial charge in [-0.2, -0.15) is 11.8 Å². The van der Waals surface area contributed by atoms with Gasteiger partial charge in [0.25, 0.3) is 5.91 Å². The fourth-order valence-electron chi connectivity index (χ4n) is 2.07. The van der Waals surface area contributed by atoms with Crippen LogP contribution < -0.4 is 5.32 Å². The first-order valence-electron chi connectivity index (χ1n) is 6.39. The van der Waals surface area contributed by atoms with Crippen LogP contribution in [0.2, 0.25) is 5.02 Å². The number of pyridine rings is 1. The summed E-state index contributed by atoms with van der Waals surface area (Å²) in [4.78, 5) is 18.5. The van der Waals surface area contributed by atoms with Gasteiger partial charge in [-0.15, -0.1) is 0 Å². The van der Waals surface area contributed by atoms with Crippen molar-refractivity contribution in [3.63, 3.8) is 0 Å². The molecule has 2 heterocycles. The third-order valence-electron chi connectivity index (χ3n) is 3.21. The van der Waals surface area contributed by atoms with Crippen LogP contribution in [0.5, 0.6) is 0 Å². The van der Waals surface area contributed by atoms with Gasteiger partial charge in [0.2, 0.25) is 0 Å². The molecule has 0 aliphatic carbocycles. The lowest BCUT2D eigenvalue weighted by molar-refractivity contribution is 0.0760. The Labute approximate surface area is 122 Å². The van der Waals surface area contributed by atoms with E-state index in [0.29, 0.717) is 21.7 Å². The third-order valence-corrected chi connectivity index (χ3v) is 4.87. The van der Waals surface area contributed by atoms with Crippen LogP contribution in [0.1, 0.15) is 23.7 Å². The Morgan fingerprint density at radius 3 is 3.11 bits per heavy atom. The minimum absolute atomic E-state index is 0.0239. The van der Waals surface area contributed by atoms with Gasteiger partial charge in [-0.05, 0) is 12.5 Å². The number of rotatable bonds is 3. The zero-order valence-corrected chi connectivity index (χ0v) is 12.7. The molecule has 1 aliphatic rings. The first-order chi connectivity index (χ1) is 9.15. The monoisotopic (exact) mass is 299 g/mol. The molecule has 0 bridgehead atoms. The molecule has 0 spiro atoms. The van der Waals surface area contributed by atoms with Crippen LogP contribution in [-0.2, 0) is 0 Å². The van der Waals surface area contributed by atoms with Gasteiger partial charge in [0, 0.05) is 37.3 Å². The summed E-state index contributed by atoms with van der Waals surface area (Å²) in [7, 11) is 1.75. The molecule has 0 radical (unpaired) electrons. The number of aromatic nitrogens is 1. The van der Waals surface area contributed by atoms with Crippen molar-refractivity contribution in [3.05, 3.63) is 22.8 Å². The normalized spacial score (nSPS) is 19.3. The summed E-state index contributed by atoms with van der Waals surface area (Å²) in [6.07, 6.45) is 2.68. The number of hydrogen-bond donors (Lipinski definition) is 1. The van der Waals surface area contributed by atoms with Crippen molar-refractivity contribution in [2.24, 2.45) is 0 Å². The zero-order chi connectivity index (χ0) is 13.8. The van der Waals surface area contributed by atoms with Gasteiger partial charge in [0.15, 0.2) is 0 Å². The third kappa shape index (κ3) is 3.34. The summed E-state index contributed by atoms with van der Waals surface area (Å²) in [5.41, 5.74) is 0.561. The molecule has 6 heteroatoms. The number of amides is 1. The number of halogens is 1. The lowest BCUT2D eigenvalue weighted by Gasteiger charge is -2.32. The Bertz CT molecular complexity index is 469. The summed E-state index contributed by atoms with van der Waals surface area (Å²) in [5.74, 6) is 1.62. The molecule has 2 rings (SSSR count). The Balaban J connectivity index is 2.12. The summed E-state index contributed by atoms with van der Waals surface area (Å²) in [6, 6.07) is 1.69. The highest BCUT2D eigenvalue weighted by atomic mass is 35.5. The van der Waals surface area contributed by atoms with E-state index in [4.69, 9.17) is 11.6 Å². The van der Waals surface area contributed by atoms with E-state index in [2.05, 4.69) is 17.2 Å². The molecule has 0 aromatic carbocycles. The second kappa shape index (κ2) is 6.48. The molecular formula is C13H18ClN3OS. The van der Waals surface area contributed by atoms with Crippen LogP contribution in [0.4, 0.5) is 5.82 Å². The van der Waals surface area contributed by atoms with Crippen molar-refractivity contribution in [2.45, 2.75) is 18.6 Å². The largest absolute Gasteiger partial charge is 0.372 e. The topological polar surface area (TPSA) is 45.2 Å². The van der Waals surface area contributed by atoms with Gasteiger partial charge in [-0.3, -0.25) is 4.79 Å². The molecule has 1 aliphatic heterocycles. The predicted molar refractivity (Wildman–Crippen MR) is 81.2 cm³/mol. The molecular weight excluding hydrogens is 282 g/mol. The fourth-order valence-corrected chi connectivity index (χ4v) is 3.51. The zero-order valence-electron chi connectivity index (χ0n) is 11.1. The van der Waals surface area contributed by atoms with E-state index in [9.17, 15) is 4.79 Å². The average Bonchev–Trinajstić information content (AvgIpc) is 2.46. The highest BCUT2D eigenvalue weighted by molar-refractivity contribution is 8.00. The molecule has 4 nitrogen and oxygen atoms in total. The van der Waals surface area contributed by atoms with Gasteiger partial charge < -0.3 is 10.2 Å². The molecule has 1 atom stereocenters. The number of thioether (sulfide) groups is 1. The van der Waals surface area contributed by atoms with Gasteiger partial charge >= 0.3 is 0 Å². The molecule has 1 aromatic heterocycles. The number of hydrogen-bond acceptors (Lipinski definition) is 4. The summed E-state index contributed by atoms with van der Waals surface area (Å²) in [5, 5.41) is 3.90. The van der Waals surface area contributed by atoms with Crippen LogP contribution in [0, 0.1) is 0 Å². The van der Waals surface area contributed by atoms with Crippen molar-refractivity contribution in [3.8, 4) is 0 Å². The van der Waals surface area contributed by atoms with E-state index in [1.54, 1.807) is 19.3 Å². The van der Waals surface area contributed by atoms with Crippen LogP contribution in [-0.4, -0.2) is 46.9 Å². The lowest BCUT2D eigenvalue weighted by atomic mass is 10.2. The lowest BCUT2D eigenvalue weighted by Crippen LogP contribution is -2.41. The van der Waals surface area contributed by atoms with Crippen LogP contribution in [0.25, 0.3) is 0 Å². The first kappa shape index (κ1) is 14.5. The maximum absolute atomic E-state index is 12.4. The Hall–Kier alpha value is -0.940. The number of nitrogens with zero attached hydrogens (tertiary/aromatic N) is 2. The molecule has 1 aromatic rings. The minimum Gasteiger partial charge on any atom is -0.372 e. The minimum atomic E-state index is 0.0239. The maximum Gasteiger partial charge on any atom is 0.255 e. The second-order valence-electron chi connectivity index (χ2n) is 4.46. The Morgan fingerprint density at radius 2 is 2.47 bits per heavy atom. The summed E-state index contributed by atoms with van der Waals surface area (Å²) in [6.45, 7) is 3.77. The molecule has 1 amide bonds. The van der Waals surface area contributed by atoms with Crippen molar-refractivity contribution in [1.82, 2.24) is 9.88 Å². The quantitative estimate of drug-likeness (QED) is 0.932. The van der Waals surface area contributed by atoms with Gasteiger partial charge in [0.05, 0.1) is 10.6 Å². The Kier molecular flexibility index (Phi) is 4.93. The van der Waals surface area contributed by atoms with E-state index in [1.165, 1.54) is 0 Å². The van der Waals surface area contributed by atoms with Crippen molar-refractivity contribution < 1.29 is 4.79 Å². The molecule has 104 valence electrons. The van der Waals surface area contributed by atoms with E-state index >= 15 is 0 Å². The SMILES string of the molecule is CCC1CN(C(=O)c2cnc(NC)c(Cl)c2)CCS1. The highest BCUT2D eigenvalue weighted by Gasteiger charge is 2.24. The number of carbonyl (C=O) groups excluding carboxylic acids is 1. The predicted octanol–water partition coefficient (Wildman–Crippen LogP) is 2.74. The van der Waals surface area contributed by atoms with Gasteiger partial charge in [-0.25, -0.2) is 4.98 Å². The van der Waals surface area contributed by atoms with Gasteiger partial charge in [0.1, 0.15) is 5.82 Å². The summed E-state index contributed by atoms with van der Waals surface area (Å²) >= 11 is 8.01. The molecule has 1 N–H and O–H groups in total. The van der Waals surface area contributed by atoms with E-state index in [-0.39, 0.29) is 5.91 Å². The Morgan fingerprint density at radius 1 is 1.68 bits per heavy atom. The van der Waals surface area contributed by atoms with Crippen LogP contribution in [0.3, 0.4) is 0 Å². The maximum atomic E-state index is 12.4. The standard InChI is InChI=1S/C13H18ClN3OS/c1-3-10-8-17(4-5-19-10)13(18)9-6-11(14)12(15-2)16-7-9/h6-7,10H,3-5,8H2,1-2H3,(H,15,16). The highest BCUT2D eigenvalue weighted by Crippen LogP contribution is 2.24. The average molecular weight is 300 g/mol. The second-order valence-corrected chi connectivity index (χ2v) is 6.27. The summed E-state index contributed by atoms with van der Waals surface area (Å²) < 4.78 is 0. The van der Waals surface area contributed by atoms with Crippen molar-refractivity contribution >= 4 is 35.1 Å². The first-order valence-corrected chi connectivity index (χ1v) is 7.82. The smallest absolute Gasteiger partial charge is 0.255 e. The molecule has 19 heavy (non-hydrogen) atoms. The molecule has 0 saturated carbocycles.